The number of aromatic nitrogens is 1. The van der Waals surface area contributed by atoms with E-state index >= 15 is 0 Å². The van der Waals surface area contributed by atoms with Crippen LogP contribution in [0.2, 0.25) is 0 Å². The molecule has 0 radical (unpaired) electrons. The molecule has 0 saturated heterocycles. The normalized spacial score (nSPS) is 10.8. The Morgan fingerprint density at radius 1 is 1.00 bits per heavy atom. The van der Waals surface area contributed by atoms with E-state index in [1.807, 2.05) is 53.2 Å². The Bertz CT molecular complexity index is 1150. The third-order valence-electron chi connectivity index (χ3n) is 3.85. The van der Waals surface area contributed by atoms with Gasteiger partial charge in [-0.3, -0.25) is 9.98 Å². The van der Waals surface area contributed by atoms with Gasteiger partial charge in [-0.25, -0.2) is 0 Å². The summed E-state index contributed by atoms with van der Waals surface area (Å²) in [6.07, 6.45) is 3.40. The van der Waals surface area contributed by atoms with E-state index in [-0.39, 0.29) is 5.75 Å². The van der Waals surface area contributed by atoms with Crippen LogP contribution >= 0.6 is 11.3 Å². The lowest BCUT2D eigenvalue weighted by Gasteiger charge is -2.02. The van der Waals surface area contributed by atoms with E-state index in [1.165, 1.54) is 0 Å². The van der Waals surface area contributed by atoms with Crippen molar-refractivity contribution in [1.29, 1.82) is 0 Å². The number of thiophene rings is 1. The maximum absolute atomic E-state index is 10.1. The van der Waals surface area contributed by atoms with Crippen LogP contribution in [0.4, 0.5) is 5.69 Å². The molecular formula is C22H14N2OS. The summed E-state index contributed by atoms with van der Waals surface area (Å²) in [6.45, 7) is 0. The van der Waals surface area contributed by atoms with Crippen molar-refractivity contribution >= 4 is 34.1 Å². The average molecular weight is 354 g/mol. The monoisotopic (exact) mass is 354 g/mol. The smallest absolute Gasteiger partial charge is 0.124 e. The molecular weight excluding hydrogens is 340 g/mol. The van der Waals surface area contributed by atoms with Gasteiger partial charge in [-0.1, -0.05) is 30.0 Å². The molecule has 0 amide bonds. The van der Waals surface area contributed by atoms with Gasteiger partial charge >= 0.3 is 0 Å². The molecule has 0 fully saturated rings. The van der Waals surface area contributed by atoms with Crippen LogP contribution in [0.25, 0.3) is 10.9 Å². The minimum atomic E-state index is 0.169. The fraction of sp³-hybridized carbons (Fsp3) is 0. The summed E-state index contributed by atoms with van der Waals surface area (Å²) < 4.78 is 0. The summed E-state index contributed by atoms with van der Waals surface area (Å²) in [5.74, 6) is 6.39. The number of fused-ring (bicyclic) bond motifs is 1. The van der Waals surface area contributed by atoms with Gasteiger partial charge in [-0.15, -0.1) is 0 Å². The molecule has 2 aromatic carbocycles. The largest absolute Gasteiger partial charge is 0.507 e. The molecule has 0 atom stereocenters. The second-order valence-electron chi connectivity index (χ2n) is 5.65. The molecule has 0 aliphatic heterocycles. The van der Waals surface area contributed by atoms with Gasteiger partial charge in [0, 0.05) is 39.9 Å². The van der Waals surface area contributed by atoms with Gasteiger partial charge in [-0.05, 0) is 41.8 Å². The number of aliphatic imine (C=N–C) groups is 1. The molecule has 0 aliphatic carbocycles. The SMILES string of the molecule is Oc1ccc(C#Cc2ccsc2)cc1C=Nc1cccc2cccnc12. The number of phenolic OH excluding ortho intramolecular Hbond substituents is 1. The van der Waals surface area contributed by atoms with Crippen molar-refractivity contribution in [3.8, 4) is 17.6 Å². The molecule has 0 spiro atoms. The molecule has 3 nitrogen and oxygen atoms in total. The van der Waals surface area contributed by atoms with Crippen molar-refractivity contribution in [2.45, 2.75) is 0 Å². The van der Waals surface area contributed by atoms with Gasteiger partial charge in [0.25, 0.3) is 0 Å². The Labute approximate surface area is 155 Å². The van der Waals surface area contributed by atoms with Crippen LogP contribution in [-0.4, -0.2) is 16.3 Å². The Hall–Kier alpha value is -3.42. The summed E-state index contributed by atoms with van der Waals surface area (Å²) in [7, 11) is 0. The fourth-order valence-electron chi connectivity index (χ4n) is 2.55. The van der Waals surface area contributed by atoms with E-state index in [4.69, 9.17) is 0 Å². The van der Waals surface area contributed by atoms with E-state index in [9.17, 15) is 5.11 Å². The van der Waals surface area contributed by atoms with Crippen LogP contribution in [0.1, 0.15) is 16.7 Å². The zero-order chi connectivity index (χ0) is 17.8. The summed E-state index contributed by atoms with van der Waals surface area (Å²) in [5, 5.41) is 15.2. The highest BCUT2D eigenvalue weighted by Gasteiger charge is 2.02. The molecule has 2 heterocycles. The number of phenols is 1. The molecule has 4 rings (SSSR count). The maximum Gasteiger partial charge on any atom is 0.124 e. The highest BCUT2D eigenvalue weighted by Crippen LogP contribution is 2.24. The van der Waals surface area contributed by atoms with Crippen molar-refractivity contribution in [2.75, 3.05) is 0 Å². The average Bonchev–Trinajstić information content (AvgIpc) is 3.20. The molecule has 2 aromatic heterocycles. The van der Waals surface area contributed by atoms with Crippen molar-refractivity contribution in [1.82, 2.24) is 4.98 Å². The highest BCUT2D eigenvalue weighted by atomic mass is 32.1. The predicted octanol–water partition coefficient (Wildman–Crippen LogP) is 5.15. The minimum Gasteiger partial charge on any atom is -0.507 e. The third kappa shape index (κ3) is 3.49. The Kier molecular flexibility index (Phi) is 4.46. The van der Waals surface area contributed by atoms with Crippen molar-refractivity contribution in [3.05, 3.63) is 88.2 Å². The quantitative estimate of drug-likeness (QED) is 0.399. The topological polar surface area (TPSA) is 45.5 Å². The Morgan fingerprint density at radius 3 is 2.77 bits per heavy atom. The number of aromatic hydroxyl groups is 1. The Morgan fingerprint density at radius 2 is 1.88 bits per heavy atom. The van der Waals surface area contributed by atoms with Gasteiger partial charge in [0.2, 0.25) is 0 Å². The number of hydrogen-bond donors (Lipinski definition) is 1. The number of pyridine rings is 1. The van der Waals surface area contributed by atoms with Crippen molar-refractivity contribution in [2.24, 2.45) is 4.99 Å². The van der Waals surface area contributed by atoms with Gasteiger partial charge in [-0.2, -0.15) is 11.3 Å². The van der Waals surface area contributed by atoms with Crippen LogP contribution in [0.15, 0.2) is 76.5 Å². The van der Waals surface area contributed by atoms with E-state index in [0.29, 0.717) is 5.56 Å². The van der Waals surface area contributed by atoms with Gasteiger partial charge in [0.15, 0.2) is 0 Å². The Balaban J connectivity index is 1.67. The maximum atomic E-state index is 10.1. The minimum absolute atomic E-state index is 0.169. The fourth-order valence-corrected chi connectivity index (χ4v) is 3.13. The van der Waals surface area contributed by atoms with E-state index in [1.54, 1.807) is 35.9 Å². The van der Waals surface area contributed by atoms with E-state index < -0.39 is 0 Å². The molecule has 0 unspecified atom stereocenters. The van der Waals surface area contributed by atoms with Gasteiger partial charge < -0.3 is 5.11 Å². The van der Waals surface area contributed by atoms with E-state index in [0.717, 1.165) is 27.7 Å². The standard InChI is InChI=1S/C22H14N2OS/c25-21-9-8-16(6-7-17-10-12-26-15-17)13-19(21)14-24-20-5-1-3-18-4-2-11-23-22(18)20/h1-5,8-15,25H. The second-order valence-corrected chi connectivity index (χ2v) is 6.43. The zero-order valence-corrected chi connectivity index (χ0v) is 14.6. The number of rotatable bonds is 2. The highest BCUT2D eigenvalue weighted by molar-refractivity contribution is 7.08. The lowest BCUT2D eigenvalue weighted by molar-refractivity contribution is 0.474. The summed E-state index contributed by atoms with van der Waals surface area (Å²) in [6, 6.07) is 17.0. The third-order valence-corrected chi connectivity index (χ3v) is 4.54. The molecule has 0 bridgehead atoms. The molecule has 124 valence electrons. The number of hydrogen-bond acceptors (Lipinski definition) is 4. The van der Waals surface area contributed by atoms with Crippen molar-refractivity contribution in [3.63, 3.8) is 0 Å². The van der Waals surface area contributed by atoms with Crippen LogP contribution < -0.4 is 0 Å². The van der Waals surface area contributed by atoms with E-state index in [2.05, 4.69) is 21.8 Å². The number of nitrogens with zero attached hydrogens (tertiary/aromatic N) is 2. The molecule has 4 heteroatoms. The van der Waals surface area contributed by atoms with Crippen LogP contribution in [-0.2, 0) is 0 Å². The van der Waals surface area contributed by atoms with Gasteiger partial charge in [0.05, 0.1) is 11.2 Å². The number of benzene rings is 2. The molecule has 26 heavy (non-hydrogen) atoms. The van der Waals surface area contributed by atoms with Crippen LogP contribution in [0.3, 0.4) is 0 Å². The zero-order valence-electron chi connectivity index (χ0n) is 13.8. The number of para-hydroxylation sites is 1. The summed E-state index contributed by atoms with van der Waals surface area (Å²) >= 11 is 1.62. The summed E-state index contributed by atoms with van der Waals surface area (Å²) in [4.78, 5) is 8.92. The first-order chi connectivity index (χ1) is 12.8. The predicted molar refractivity (Wildman–Crippen MR) is 107 cm³/mol. The van der Waals surface area contributed by atoms with Crippen molar-refractivity contribution < 1.29 is 5.11 Å². The lowest BCUT2D eigenvalue weighted by atomic mass is 10.1. The van der Waals surface area contributed by atoms with Gasteiger partial charge in [0.1, 0.15) is 5.75 Å². The van der Waals surface area contributed by atoms with Crippen LogP contribution in [0, 0.1) is 11.8 Å². The first-order valence-corrected chi connectivity index (χ1v) is 8.99. The molecule has 1 N–H and O–H groups in total. The lowest BCUT2D eigenvalue weighted by Crippen LogP contribution is -1.86. The van der Waals surface area contributed by atoms with Crippen LogP contribution in [0.5, 0.6) is 5.75 Å². The first-order valence-electron chi connectivity index (χ1n) is 8.05. The molecule has 4 aromatic rings. The first kappa shape index (κ1) is 16.1. The molecule has 0 aliphatic rings. The second kappa shape index (κ2) is 7.22. The summed E-state index contributed by atoms with van der Waals surface area (Å²) in [5.41, 5.74) is 4.03. The molecule has 0 saturated carbocycles.